The zero-order valence-corrected chi connectivity index (χ0v) is 13.7. The summed E-state index contributed by atoms with van der Waals surface area (Å²) in [6.07, 6.45) is -2.91. The van der Waals surface area contributed by atoms with Gasteiger partial charge < -0.3 is 36.0 Å². The van der Waals surface area contributed by atoms with Crippen molar-refractivity contribution in [1.82, 2.24) is 16.0 Å². The topological polar surface area (TPSA) is 192 Å². The molecule has 0 saturated heterocycles. The maximum atomic E-state index is 10.7. The van der Waals surface area contributed by atoms with E-state index >= 15 is 0 Å². The van der Waals surface area contributed by atoms with Gasteiger partial charge in [0.15, 0.2) is 0 Å². The van der Waals surface area contributed by atoms with Crippen molar-refractivity contribution in [1.29, 1.82) is 0 Å². The molecule has 0 amide bonds. The Morgan fingerprint density at radius 1 is 0.720 bits per heavy atom. The van der Waals surface area contributed by atoms with Gasteiger partial charge in [-0.05, 0) is 19.4 Å². The third-order valence-corrected chi connectivity index (χ3v) is 4.15. The lowest BCUT2D eigenvalue weighted by Gasteiger charge is -2.46. The van der Waals surface area contributed by atoms with Crippen molar-refractivity contribution in [2.24, 2.45) is 0 Å². The van der Waals surface area contributed by atoms with Crippen LogP contribution in [0.15, 0.2) is 0 Å². The standard InChI is InChI=1S/C14H27N3O8/c18-4-2-1-3-15-9-12(23)10(16-5-7(19)20)14(25)11(13(9)24)17-6-8(21)22/h9-18,23-25H,1-6H2,(H,19,20)(H,21,22). The van der Waals surface area contributed by atoms with E-state index in [0.29, 0.717) is 19.4 Å². The van der Waals surface area contributed by atoms with Crippen molar-refractivity contribution in [3.63, 3.8) is 0 Å². The van der Waals surface area contributed by atoms with Gasteiger partial charge in [-0.1, -0.05) is 0 Å². The molecule has 9 N–H and O–H groups in total. The SMILES string of the molecule is O=C(O)CNC1C(O)C(NCCCCO)C(O)C(NCC(=O)O)C1O. The van der Waals surface area contributed by atoms with Crippen LogP contribution in [0.25, 0.3) is 0 Å². The van der Waals surface area contributed by atoms with E-state index in [2.05, 4.69) is 16.0 Å². The smallest absolute Gasteiger partial charge is 0.317 e. The van der Waals surface area contributed by atoms with E-state index in [1.165, 1.54) is 0 Å². The summed E-state index contributed by atoms with van der Waals surface area (Å²) in [4.78, 5) is 21.5. The Balaban J connectivity index is 2.84. The Bertz CT molecular complexity index is 406. The summed E-state index contributed by atoms with van der Waals surface area (Å²) < 4.78 is 0. The number of rotatable bonds is 11. The maximum Gasteiger partial charge on any atom is 0.317 e. The molecule has 4 atom stereocenters. The first-order valence-corrected chi connectivity index (χ1v) is 8.08. The van der Waals surface area contributed by atoms with Gasteiger partial charge in [-0.15, -0.1) is 0 Å². The van der Waals surface area contributed by atoms with Crippen molar-refractivity contribution in [2.45, 2.75) is 49.3 Å². The van der Waals surface area contributed by atoms with Gasteiger partial charge in [0, 0.05) is 6.61 Å². The number of aliphatic carboxylic acids is 2. The number of nitrogens with one attached hydrogen (secondary N) is 3. The molecule has 1 saturated carbocycles. The van der Waals surface area contributed by atoms with Crippen LogP contribution in [-0.2, 0) is 9.59 Å². The monoisotopic (exact) mass is 365 g/mol. The highest BCUT2D eigenvalue weighted by atomic mass is 16.4. The Kier molecular flexibility index (Phi) is 9.21. The molecule has 1 rings (SSSR count). The molecule has 0 spiro atoms. The first-order valence-electron chi connectivity index (χ1n) is 8.08. The Morgan fingerprint density at radius 2 is 1.12 bits per heavy atom. The second-order valence-electron chi connectivity index (χ2n) is 5.98. The highest BCUT2D eigenvalue weighted by Crippen LogP contribution is 2.22. The molecule has 0 radical (unpaired) electrons. The first kappa shape index (κ1) is 21.7. The molecule has 0 aromatic heterocycles. The summed E-state index contributed by atoms with van der Waals surface area (Å²) in [6.45, 7) is -0.663. The largest absolute Gasteiger partial charge is 0.480 e. The average molecular weight is 365 g/mol. The molecule has 4 unspecified atom stereocenters. The minimum Gasteiger partial charge on any atom is -0.480 e. The van der Waals surface area contributed by atoms with Gasteiger partial charge in [0.05, 0.1) is 49.5 Å². The average Bonchev–Trinajstić information content (AvgIpc) is 2.53. The predicted molar refractivity (Wildman–Crippen MR) is 85.0 cm³/mol. The van der Waals surface area contributed by atoms with E-state index in [9.17, 15) is 24.9 Å². The van der Waals surface area contributed by atoms with Crippen molar-refractivity contribution >= 4 is 11.9 Å². The van der Waals surface area contributed by atoms with Crippen LogP contribution < -0.4 is 16.0 Å². The number of unbranched alkanes of at least 4 members (excludes halogenated alkanes) is 1. The van der Waals surface area contributed by atoms with Crippen molar-refractivity contribution in [2.75, 3.05) is 26.2 Å². The van der Waals surface area contributed by atoms with Crippen molar-refractivity contribution in [3.8, 4) is 0 Å². The number of hydrogen-bond donors (Lipinski definition) is 9. The van der Waals surface area contributed by atoms with Gasteiger partial charge in [0.1, 0.15) is 0 Å². The molecule has 1 fully saturated rings. The first-order chi connectivity index (χ1) is 11.8. The van der Waals surface area contributed by atoms with Gasteiger partial charge in [0.2, 0.25) is 0 Å². The summed E-state index contributed by atoms with van der Waals surface area (Å²) >= 11 is 0. The molecule has 25 heavy (non-hydrogen) atoms. The lowest BCUT2D eigenvalue weighted by Crippen LogP contribution is -2.74. The van der Waals surface area contributed by atoms with E-state index < -0.39 is 61.5 Å². The second-order valence-corrected chi connectivity index (χ2v) is 5.98. The minimum absolute atomic E-state index is 0.00174. The third-order valence-electron chi connectivity index (χ3n) is 4.15. The quantitative estimate of drug-likeness (QED) is 0.162. The fourth-order valence-corrected chi connectivity index (χ4v) is 2.92. The lowest BCUT2D eigenvalue weighted by atomic mass is 9.79. The van der Waals surface area contributed by atoms with Gasteiger partial charge in [-0.25, -0.2) is 0 Å². The zero-order chi connectivity index (χ0) is 19.0. The Hall–Kier alpha value is -1.34. The summed E-state index contributed by atoms with van der Waals surface area (Å²) in [6, 6.07) is -3.08. The van der Waals surface area contributed by atoms with E-state index in [0.717, 1.165) is 0 Å². The number of aliphatic hydroxyl groups excluding tert-OH is 4. The minimum atomic E-state index is -1.40. The normalized spacial score (nSPS) is 32.5. The van der Waals surface area contributed by atoms with Crippen molar-refractivity contribution < 1.29 is 40.2 Å². The summed E-state index contributed by atoms with van der Waals surface area (Å²) in [5.41, 5.74) is 0. The van der Waals surface area contributed by atoms with Crippen molar-refractivity contribution in [3.05, 3.63) is 0 Å². The summed E-state index contributed by atoms with van der Waals surface area (Å²) in [5.74, 6) is -2.37. The van der Waals surface area contributed by atoms with Gasteiger partial charge in [-0.2, -0.15) is 0 Å². The Morgan fingerprint density at radius 3 is 1.48 bits per heavy atom. The van der Waals surface area contributed by atoms with Crippen LogP contribution in [0.4, 0.5) is 0 Å². The van der Waals surface area contributed by atoms with Gasteiger partial charge in [0.25, 0.3) is 0 Å². The van der Waals surface area contributed by atoms with Crippen LogP contribution in [0.3, 0.4) is 0 Å². The zero-order valence-electron chi connectivity index (χ0n) is 13.7. The molecule has 0 heterocycles. The predicted octanol–water partition coefficient (Wildman–Crippen LogP) is -4.10. The Labute approximate surface area is 144 Å². The molecule has 0 bridgehead atoms. The fourth-order valence-electron chi connectivity index (χ4n) is 2.92. The van der Waals surface area contributed by atoms with Crippen LogP contribution in [0.5, 0.6) is 0 Å². The lowest BCUT2D eigenvalue weighted by molar-refractivity contribution is -0.138. The number of aliphatic hydroxyl groups is 4. The number of hydrogen-bond acceptors (Lipinski definition) is 9. The highest BCUT2D eigenvalue weighted by Gasteiger charge is 2.49. The molecule has 1 aliphatic carbocycles. The third kappa shape index (κ3) is 6.47. The molecule has 146 valence electrons. The number of carboxylic acids is 2. The maximum absolute atomic E-state index is 10.7. The van der Waals surface area contributed by atoms with Gasteiger partial charge in [-0.3, -0.25) is 20.2 Å². The fraction of sp³-hybridized carbons (Fsp3) is 0.857. The number of carbonyl (C=O) groups is 2. The van der Waals surface area contributed by atoms with E-state index in [4.69, 9.17) is 15.3 Å². The molecule has 0 aliphatic heterocycles. The molecular weight excluding hydrogens is 338 g/mol. The molecule has 1 aliphatic rings. The molecular formula is C14H27N3O8. The van der Waals surface area contributed by atoms with Crippen LogP contribution in [0, 0.1) is 0 Å². The van der Waals surface area contributed by atoms with Crippen LogP contribution in [0.1, 0.15) is 12.8 Å². The molecule has 11 heteroatoms. The van der Waals surface area contributed by atoms with Crippen LogP contribution in [0.2, 0.25) is 0 Å². The van der Waals surface area contributed by atoms with Gasteiger partial charge >= 0.3 is 11.9 Å². The second kappa shape index (κ2) is 10.6. The molecule has 11 nitrogen and oxygen atoms in total. The summed E-state index contributed by atoms with van der Waals surface area (Å²) in [5, 5.41) is 65.4. The molecule has 0 aromatic rings. The highest BCUT2D eigenvalue weighted by molar-refractivity contribution is 5.69. The van der Waals surface area contributed by atoms with Crippen LogP contribution >= 0.6 is 0 Å². The number of carboxylic acid groups (broad SMARTS) is 2. The van der Waals surface area contributed by atoms with Crippen LogP contribution in [-0.4, -0.2) is 105 Å². The van der Waals surface area contributed by atoms with E-state index in [1.54, 1.807) is 0 Å². The van der Waals surface area contributed by atoms with E-state index in [1.807, 2.05) is 0 Å². The van der Waals surface area contributed by atoms with E-state index in [-0.39, 0.29) is 6.61 Å². The molecule has 0 aromatic carbocycles. The summed E-state index contributed by atoms with van der Waals surface area (Å²) in [7, 11) is 0.